The molecule has 0 saturated heterocycles. The fraction of sp³-hybridized carbons (Fsp3) is 0.143. The van der Waals surface area contributed by atoms with Crippen molar-refractivity contribution in [3.8, 4) is 5.69 Å². The van der Waals surface area contributed by atoms with Crippen molar-refractivity contribution < 1.29 is 0 Å². The van der Waals surface area contributed by atoms with Crippen LogP contribution in [0.15, 0.2) is 42.9 Å². The Kier molecular flexibility index (Phi) is 3.43. The fourth-order valence-electron chi connectivity index (χ4n) is 2.02. The minimum atomic E-state index is 0.634. The van der Waals surface area contributed by atoms with Gasteiger partial charge in [0.2, 0.25) is 0 Å². The summed E-state index contributed by atoms with van der Waals surface area (Å²) >= 11 is 6.01. The van der Waals surface area contributed by atoms with E-state index in [4.69, 9.17) is 11.6 Å². The number of halogens is 1. The molecule has 0 fully saturated rings. The van der Waals surface area contributed by atoms with E-state index in [-0.39, 0.29) is 0 Å². The van der Waals surface area contributed by atoms with Gasteiger partial charge >= 0.3 is 0 Å². The lowest BCUT2D eigenvalue weighted by Crippen LogP contribution is -2.03. The van der Waals surface area contributed by atoms with E-state index >= 15 is 0 Å². The fourth-order valence-corrected chi connectivity index (χ4v) is 2.21. The number of nitrogens with one attached hydrogen (secondary N) is 2. The molecule has 2 N–H and O–H groups in total. The maximum atomic E-state index is 6.01. The maximum Gasteiger partial charge on any atom is 0.125 e. The van der Waals surface area contributed by atoms with Gasteiger partial charge in [-0.1, -0.05) is 17.7 Å². The second-order valence-corrected chi connectivity index (χ2v) is 4.86. The highest BCUT2D eigenvalue weighted by atomic mass is 35.5. The van der Waals surface area contributed by atoms with Gasteiger partial charge in [0.05, 0.1) is 29.8 Å². The summed E-state index contributed by atoms with van der Waals surface area (Å²) in [5, 5.41) is 8.40. The maximum absolute atomic E-state index is 6.01. The lowest BCUT2D eigenvalue weighted by molar-refractivity contribution is 0.847. The van der Waals surface area contributed by atoms with Crippen molar-refractivity contribution in [2.24, 2.45) is 0 Å². The molecule has 20 heavy (non-hydrogen) atoms. The molecule has 0 atom stereocenters. The van der Waals surface area contributed by atoms with Gasteiger partial charge in [-0.2, -0.15) is 5.10 Å². The Balaban J connectivity index is 1.81. The summed E-state index contributed by atoms with van der Waals surface area (Å²) in [4.78, 5) is 7.23. The molecular formula is C14H14ClN5. The summed E-state index contributed by atoms with van der Waals surface area (Å²) in [5.41, 5.74) is 2.95. The zero-order valence-electron chi connectivity index (χ0n) is 11.0. The van der Waals surface area contributed by atoms with Gasteiger partial charge in [0, 0.05) is 17.4 Å². The second kappa shape index (κ2) is 5.38. The zero-order valence-corrected chi connectivity index (χ0v) is 11.7. The van der Waals surface area contributed by atoms with Crippen molar-refractivity contribution in [2.75, 3.05) is 5.32 Å². The van der Waals surface area contributed by atoms with Crippen LogP contribution in [0, 0.1) is 6.92 Å². The molecule has 0 aliphatic carbocycles. The molecule has 5 nitrogen and oxygen atoms in total. The van der Waals surface area contributed by atoms with Crippen LogP contribution in [0.3, 0.4) is 0 Å². The standard InChI is InChI=1S/C14H14ClN5/c1-10-13(18-9-14-16-5-6-17-14)8-19-20(10)12-4-2-3-11(15)7-12/h2-8,18H,9H2,1H3,(H,16,17). The van der Waals surface area contributed by atoms with Crippen molar-refractivity contribution in [3.05, 3.63) is 59.4 Å². The van der Waals surface area contributed by atoms with E-state index in [1.54, 1.807) is 18.6 Å². The predicted octanol–water partition coefficient (Wildman–Crippen LogP) is 3.17. The van der Waals surface area contributed by atoms with Gasteiger partial charge < -0.3 is 10.3 Å². The number of H-pyrrole nitrogens is 1. The molecule has 3 aromatic rings. The normalized spacial score (nSPS) is 10.7. The van der Waals surface area contributed by atoms with Crippen molar-refractivity contribution in [1.82, 2.24) is 19.7 Å². The first-order valence-electron chi connectivity index (χ1n) is 6.27. The molecule has 0 bridgehead atoms. The van der Waals surface area contributed by atoms with E-state index in [0.717, 1.165) is 22.9 Å². The molecule has 6 heteroatoms. The Morgan fingerprint density at radius 2 is 2.30 bits per heavy atom. The SMILES string of the molecule is Cc1c(NCc2ncc[nH]2)cnn1-c1cccc(Cl)c1. The molecule has 0 aliphatic rings. The third-order valence-electron chi connectivity index (χ3n) is 3.06. The molecule has 0 spiro atoms. The molecule has 0 radical (unpaired) electrons. The number of hydrogen-bond donors (Lipinski definition) is 2. The van der Waals surface area contributed by atoms with Gasteiger partial charge in [-0.3, -0.25) is 0 Å². The van der Waals surface area contributed by atoms with E-state index < -0.39 is 0 Å². The van der Waals surface area contributed by atoms with Crippen LogP contribution in [0.5, 0.6) is 0 Å². The number of aromatic nitrogens is 4. The number of rotatable bonds is 4. The van der Waals surface area contributed by atoms with Gasteiger partial charge in [-0.25, -0.2) is 9.67 Å². The van der Waals surface area contributed by atoms with E-state index in [1.807, 2.05) is 35.9 Å². The molecule has 102 valence electrons. The van der Waals surface area contributed by atoms with Gasteiger partial charge in [0.1, 0.15) is 5.82 Å². The molecule has 0 unspecified atom stereocenters. The molecule has 0 aliphatic heterocycles. The number of nitrogens with zero attached hydrogens (tertiary/aromatic N) is 3. The first kappa shape index (κ1) is 12.7. The quantitative estimate of drug-likeness (QED) is 0.775. The van der Waals surface area contributed by atoms with Crippen molar-refractivity contribution in [3.63, 3.8) is 0 Å². The summed E-state index contributed by atoms with van der Waals surface area (Å²) in [5.74, 6) is 0.889. The first-order chi connectivity index (χ1) is 9.74. The van der Waals surface area contributed by atoms with Crippen LogP contribution in [-0.2, 0) is 6.54 Å². The minimum absolute atomic E-state index is 0.634. The highest BCUT2D eigenvalue weighted by Crippen LogP contribution is 2.20. The Morgan fingerprint density at radius 3 is 3.05 bits per heavy atom. The average molecular weight is 288 g/mol. The molecule has 1 aromatic carbocycles. The lowest BCUT2D eigenvalue weighted by Gasteiger charge is -2.07. The van der Waals surface area contributed by atoms with Crippen molar-refractivity contribution >= 4 is 17.3 Å². The monoisotopic (exact) mass is 287 g/mol. The summed E-state index contributed by atoms with van der Waals surface area (Å²) < 4.78 is 1.86. The Labute approximate surface area is 121 Å². The van der Waals surface area contributed by atoms with Crippen LogP contribution >= 0.6 is 11.6 Å². The summed E-state index contributed by atoms with van der Waals surface area (Å²) in [7, 11) is 0. The summed E-state index contributed by atoms with van der Waals surface area (Å²) in [6.07, 6.45) is 5.34. The van der Waals surface area contributed by atoms with E-state index in [9.17, 15) is 0 Å². The smallest absolute Gasteiger partial charge is 0.125 e. The van der Waals surface area contributed by atoms with Crippen LogP contribution in [0.4, 0.5) is 5.69 Å². The number of aromatic amines is 1. The highest BCUT2D eigenvalue weighted by molar-refractivity contribution is 6.30. The van der Waals surface area contributed by atoms with E-state index in [1.165, 1.54) is 0 Å². The van der Waals surface area contributed by atoms with Crippen LogP contribution < -0.4 is 5.32 Å². The Bertz CT molecular complexity index is 702. The minimum Gasteiger partial charge on any atom is -0.375 e. The van der Waals surface area contributed by atoms with E-state index in [2.05, 4.69) is 20.4 Å². The molecular weight excluding hydrogens is 274 g/mol. The number of benzene rings is 1. The Morgan fingerprint density at radius 1 is 1.40 bits per heavy atom. The number of hydrogen-bond acceptors (Lipinski definition) is 3. The molecule has 2 aromatic heterocycles. The average Bonchev–Trinajstić information content (AvgIpc) is 3.06. The van der Waals surface area contributed by atoms with Crippen LogP contribution in [-0.4, -0.2) is 19.7 Å². The molecule has 0 amide bonds. The largest absolute Gasteiger partial charge is 0.375 e. The second-order valence-electron chi connectivity index (χ2n) is 4.42. The predicted molar refractivity (Wildman–Crippen MR) is 79.2 cm³/mol. The molecule has 0 saturated carbocycles. The van der Waals surface area contributed by atoms with Crippen molar-refractivity contribution in [2.45, 2.75) is 13.5 Å². The Hall–Kier alpha value is -2.27. The first-order valence-corrected chi connectivity index (χ1v) is 6.64. The van der Waals surface area contributed by atoms with Crippen LogP contribution in [0.1, 0.15) is 11.5 Å². The number of anilines is 1. The molecule has 3 rings (SSSR count). The van der Waals surface area contributed by atoms with Crippen LogP contribution in [0.2, 0.25) is 5.02 Å². The van der Waals surface area contributed by atoms with Crippen LogP contribution in [0.25, 0.3) is 5.69 Å². The summed E-state index contributed by atoms with van der Waals surface area (Å²) in [6, 6.07) is 7.62. The topological polar surface area (TPSA) is 58.5 Å². The zero-order chi connectivity index (χ0) is 13.9. The third-order valence-corrected chi connectivity index (χ3v) is 3.30. The lowest BCUT2D eigenvalue weighted by atomic mass is 10.3. The third kappa shape index (κ3) is 2.53. The number of imidazole rings is 1. The van der Waals surface area contributed by atoms with Crippen molar-refractivity contribution in [1.29, 1.82) is 0 Å². The van der Waals surface area contributed by atoms with E-state index in [0.29, 0.717) is 11.6 Å². The highest BCUT2D eigenvalue weighted by Gasteiger charge is 2.08. The summed E-state index contributed by atoms with van der Waals surface area (Å²) in [6.45, 7) is 2.65. The van der Waals surface area contributed by atoms with Gasteiger partial charge in [-0.15, -0.1) is 0 Å². The van der Waals surface area contributed by atoms with Gasteiger partial charge in [0.15, 0.2) is 0 Å². The molecule has 2 heterocycles. The van der Waals surface area contributed by atoms with Gasteiger partial charge in [0.25, 0.3) is 0 Å². The van der Waals surface area contributed by atoms with Gasteiger partial charge in [-0.05, 0) is 25.1 Å².